The van der Waals surface area contributed by atoms with E-state index in [-0.39, 0.29) is 6.54 Å². The maximum absolute atomic E-state index is 14.0. The molecule has 268 valence electrons. The fraction of sp³-hybridized carbons (Fsp3) is 0.676. The summed E-state index contributed by atoms with van der Waals surface area (Å²) < 4.78 is 34.7. The Morgan fingerprint density at radius 2 is 1.10 bits per heavy atom. The van der Waals surface area contributed by atoms with E-state index in [1.54, 1.807) is 101 Å². The molecule has 1 aliphatic heterocycles. The largest absolute Gasteiger partial charge is 0.494 e. The van der Waals surface area contributed by atoms with Gasteiger partial charge in [-0.05, 0) is 122 Å². The summed E-state index contributed by atoms with van der Waals surface area (Å²) in [5.74, 6) is -0.747. The molecule has 0 atom stereocenters. The SMILES string of the molecule is CC(C)(C)OC(=O)N=C(N(Cc1cccc(B2OC(C)(C)C(C)(C)O2)c1)C(=O)OC(C)(C)C)N(C(=O)OC(C)(C)C)C(=O)OC(C)(C)C. The minimum atomic E-state index is -1.25. The van der Waals surface area contributed by atoms with E-state index in [1.807, 2.05) is 33.8 Å². The van der Waals surface area contributed by atoms with E-state index in [4.69, 9.17) is 28.3 Å². The first-order chi connectivity index (χ1) is 21.4. The number of hydrogen-bond acceptors (Lipinski definition) is 10. The van der Waals surface area contributed by atoms with Crippen LogP contribution in [0.1, 0.15) is 116 Å². The van der Waals surface area contributed by atoms with Crippen LogP contribution >= 0.6 is 0 Å². The number of carbonyl (C=O) groups excluding carboxylic acids is 4. The van der Waals surface area contributed by atoms with Crippen molar-refractivity contribution in [1.29, 1.82) is 0 Å². The van der Waals surface area contributed by atoms with Crippen LogP contribution in [0, 0.1) is 0 Å². The van der Waals surface area contributed by atoms with Crippen LogP contribution in [0.15, 0.2) is 29.3 Å². The first-order valence-electron chi connectivity index (χ1n) is 15.9. The van der Waals surface area contributed by atoms with Crippen LogP contribution in [0.5, 0.6) is 0 Å². The fourth-order valence-corrected chi connectivity index (χ4v) is 3.98. The van der Waals surface area contributed by atoms with Crippen molar-refractivity contribution in [2.45, 2.75) is 151 Å². The third-order valence-electron chi connectivity index (χ3n) is 6.61. The molecule has 1 aromatic carbocycles. The molecule has 0 saturated carbocycles. The first kappa shape index (κ1) is 40.5. The number of hydrogen-bond donors (Lipinski definition) is 0. The number of rotatable bonds is 3. The molecular weight excluding hydrogens is 621 g/mol. The van der Waals surface area contributed by atoms with Crippen LogP contribution in [0.4, 0.5) is 19.2 Å². The first-order valence-corrected chi connectivity index (χ1v) is 15.9. The van der Waals surface area contributed by atoms with E-state index in [2.05, 4.69) is 4.99 Å². The molecule has 1 fully saturated rings. The van der Waals surface area contributed by atoms with Crippen molar-refractivity contribution in [3.05, 3.63) is 29.8 Å². The quantitative estimate of drug-likeness (QED) is 0.140. The Hall–Kier alpha value is -3.65. The minimum absolute atomic E-state index is 0.327. The van der Waals surface area contributed by atoms with Crippen molar-refractivity contribution in [2.75, 3.05) is 0 Å². The Labute approximate surface area is 285 Å². The van der Waals surface area contributed by atoms with Crippen LogP contribution in [0.2, 0.25) is 0 Å². The van der Waals surface area contributed by atoms with Crippen molar-refractivity contribution >= 4 is 42.9 Å². The Morgan fingerprint density at radius 3 is 1.52 bits per heavy atom. The lowest BCUT2D eigenvalue weighted by Gasteiger charge is -2.34. The molecule has 0 N–H and O–H groups in total. The number of carbonyl (C=O) groups is 4. The highest BCUT2D eigenvalue weighted by atomic mass is 16.7. The summed E-state index contributed by atoms with van der Waals surface area (Å²) in [6.45, 7) is 26.7. The van der Waals surface area contributed by atoms with Gasteiger partial charge in [-0.1, -0.05) is 24.3 Å². The van der Waals surface area contributed by atoms with Gasteiger partial charge in [-0.15, -0.1) is 9.89 Å². The summed E-state index contributed by atoms with van der Waals surface area (Å²) in [5, 5.41) is 0. The lowest BCUT2D eigenvalue weighted by Crippen LogP contribution is -2.55. The van der Waals surface area contributed by atoms with Gasteiger partial charge in [0, 0.05) is 0 Å². The zero-order valence-corrected chi connectivity index (χ0v) is 31.5. The molecule has 0 radical (unpaired) electrons. The molecule has 2 rings (SSSR count). The van der Waals surface area contributed by atoms with Gasteiger partial charge in [0.1, 0.15) is 22.4 Å². The van der Waals surface area contributed by atoms with E-state index >= 15 is 0 Å². The van der Waals surface area contributed by atoms with E-state index < -0.39 is 71.1 Å². The van der Waals surface area contributed by atoms with Gasteiger partial charge in [-0.25, -0.2) is 24.1 Å². The highest BCUT2D eigenvalue weighted by Crippen LogP contribution is 2.36. The van der Waals surface area contributed by atoms with Crippen LogP contribution in [0.3, 0.4) is 0 Å². The molecule has 1 aromatic rings. The molecule has 1 saturated heterocycles. The Morgan fingerprint density at radius 1 is 0.688 bits per heavy atom. The molecule has 14 heteroatoms. The zero-order valence-electron chi connectivity index (χ0n) is 31.5. The maximum atomic E-state index is 14.0. The topological polar surface area (TPSA) is 142 Å². The molecule has 1 aliphatic rings. The normalized spacial score (nSPS) is 16.6. The van der Waals surface area contributed by atoms with Gasteiger partial charge >= 0.3 is 31.5 Å². The third kappa shape index (κ3) is 12.1. The summed E-state index contributed by atoms with van der Waals surface area (Å²) in [6.07, 6.45) is -4.71. The minimum Gasteiger partial charge on any atom is -0.443 e. The van der Waals surface area contributed by atoms with Gasteiger partial charge in [0.05, 0.1) is 17.7 Å². The number of aliphatic imine (C=N–C) groups is 1. The van der Waals surface area contributed by atoms with E-state index in [0.29, 0.717) is 15.9 Å². The molecule has 0 aliphatic carbocycles. The molecule has 0 unspecified atom stereocenters. The zero-order chi connectivity index (χ0) is 37.3. The van der Waals surface area contributed by atoms with E-state index in [1.165, 1.54) is 0 Å². The standard InChI is InChI=1S/C34H54BN3O10/c1-29(2,3)43-25(39)36-24(38(27(41)45-31(7,8)9)28(42)46-32(10,11)12)37(26(40)44-30(4,5)6)21-22-18-17-19-23(20-22)35-47-33(13,14)34(15,16)48-35/h17-20H,21H2,1-16H3. The number of imide groups is 1. The summed E-state index contributed by atoms with van der Waals surface area (Å²) in [7, 11) is -0.722. The predicted octanol–water partition coefficient (Wildman–Crippen LogP) is 7.19. The number of amides is 4. The van der Waals surface area contributed by atoms with Crippen molar-refractivity contribution in [2.24, 2.45) is 4.99 Å². The van der Waals surface area contributed by atoms with Crippen LogP contribution in [-0.4, -0.2) is 80.9 Å². The number of nitrogens with zero attached hydrogens (tertiary/aromatic N) is 3. The predicted molar refractivity (Wildman–Crippen MR) is 182 cm³/mol. The second kappa shape index (κ2) is 14.1. The van der Waals surface area contributed by atoms with E-state index in [9.17, 15) is 19.2 Å². The lowest BCUT2D eigenvalue weighted by molar-refractivity contribution is 0.00578. The monoisotopic (exact) mass is 675 g/mol. The smallest absolute Gasteiger partial charge is 0.443 e. The Balaban J connectivity index is 2.83. The van der Waals surface area contributed by atoms with Crippen LogP contribution < -0.4 is 5.46 Å². The molecule has 48 heavy (non-hydrogen) atoms. The fourth-order valence-electron chi connectivity index (χ4n) is 3.98. The highest BCUT2D eigenvalue weighted by molar-refractivity contribution is 6.62. The number of guanidine groups is 1. The van der Waals surface area contributed by atoms with Crippen LogP contribution in [-0.2, 0) is 34.8 Å². The molecule has 13 nitrogen and oxygen atoms in total. The highest BCUT2D eigenvalue weighted by Gasteiger charge is 2.52. The number of ether oxygens (including phenoxy) is 4. The Bertz CT molecular complexity index is 1350. The Kier molecular flexibility index (Phi) is 11.9. The van der Waals surface area contributed by atoms with Crippen LogP contribution in [0.25, 0.3) is 0 Å². The molecule has 1 heterocycles. The summed E-state index contributed by atoms with van der Waals surface area (Å²) in [4.78, 5) is 60.1. The average Bonchev–Trinajstić information content (AvgIpc) is 3.04. The second-order valence-electron chi connectivity index (χ2n) is 16.6. The number of benzene rings is 1. The van der Waals surface area contributed by atoms with E-state index in [0.717, 1.165) is 4.90 Å². The van der Waals surface area contributed by atoms with Gasteiger partial charge in [0.15, 0.2) is 0 Å². The third-order valence-corrected chi connectivity index (χ3v) is 6.61. The molecule has 0 bridgehead atoms. The lowest BCUT2D eigenvalue weighted by atomic mass is 9.78. The van der Waals surface area contributed by atoms with Crippen molar-refractivity contribution in [1.82, 2.24) is 9.80 Å². The van der Waals surface area contributed by atoms with Gasteiger partial charge in [0.2, 0.25) is 5.96 Å². The van der Waals surface area contributed by atoms with Gasteiger partial charge in [-0.3, -0.25) is 0 Å². The second-order valence-corrected chi connectivity index (χ2v) is 16.6. The molecular formula is C34H54BN3O10. The van der Waals surface area contributed by atoms with Crippen molar-refractivity contribution in [3.8, 4) is 0 Å². The molecule has 0 aromatic heterocycles. The maximum Gasteiger partial charge on any atom is 0.494 e. The molecule has 4 amide bonds. The average molecular weight is 676 g/mol. The summed E-state index contributed by atoms with van der Waals surface area (Å²) in [6, 6.07) is 7.01. The summed E-state index contributed by atoms with van der Waals surface area (Å²) >= 11 is 0. The summed E-state index contributed by atoms with van der Waals surface area (Å²) in [5.41, 5.74) is -4.29. The van der Waals surface area contributed by atoms with Gasteiger partial charge < -0.3 is 28.3 Å². The van der Waals surface area contributed by atoms with Gasteiger partial charge in [0.25, 0.3) is 0 Å². The van der Waals surface area contributed by atoms with Gasteiger partial charge in [-0.2, -0.15) is 0 Å². The van der Waals surface area contributed by atoms with Crippen molar-refractivity contribution < 1.29 is 47.4 Å². The molecule has 0 spiro atoms. The van der Waals surface area contributed by atoms with Crippen molar-refractivity contribution in [3.63, 3.8) is 0 Å².